The van der Waals surface area contributed by atoms with Crippen molar-refractivity contribution in [3.8, 4) is 11.5 Å². The Labute approximate surface area is 221 Å². The predicted molar refractivity (Wildman–Crippen MR) is 147 cm³/mol. The zero-order valence-corrected chi connectivity index (χ0v) is 22.3. The molecule has 0 unspecified atom stereocenters. The van der Waals surface area contributed by atoms with E-state index in [0.717, 1.165) is 38.8 Å². The normalized spacial score (nSPS) is 16.6. The lowest BCUT2D eigenvalue weighted by atomic mass is 10.0. The molecule has 1 aliphatic heterocycles. The number of piperidine rings is 1. The largest absolute Gasteiger partial charge is 0.495 e. The summed E-state index contributed by atoms with van der Waals surface area (Å²) < 4.78 is 13.1. The van der Waals surface area contributed by atoms with E-state index >= 15 is 0 Å². The molecule has 0 spiro atoms. The standard InChI is InChI=1S/C28H34N6O4/c1-5-6-20-24-22(34(3)27(36)25(20)38-19-8-9-19)16-29-28(32-24)31-21-10-7-17(15-23(21)37-4)26(35)30-18-11-13-33(2)14-12-18/h5-7,10,15-16,18-19H,8-9,11-14H2,1-4H3,(H,30,35)(H,29,31,32)/b6-5+. The molecule has 2 N–H and O–H groups in total. The van der Waals surface area contributed by atoms with Crippen molar-refractivity contribution >= 4 is 34.7 Å². The number of nitrogens with zero attached hydrogens (tertiary/aromatic N) is 4. The first-order valence-electron chi connectivity index (χ1n) is 13.0. The zero-order valence-electron chi connectivity index (χ0n) is 22.3. The van der Waals surface area contributed by atoms with Gasteiger partial charge >= 0.3 is 0 Å². The average molecular weight is 519 g/mol. The number of pyridine rings is 1. The van der Waals surface area contributed by atoms with Gasteiger partial charge in [0.05, 0.1) is 36.2 Å². The van der Waals surface area contributed by atoms with Crippen LogP contribution in [0.15, 0.2) is 35.3 Å². The number of carbonyl (C=O) groups excluding carboxylic acids is 1. The number of carbonyl (C=O) groups is 1. The fraction of sp³-hybridized carbons (Fsp3) is 0.429. The highest BCUT2D eigenvalue weighted by molar-refractivity contribution is 5.95. The first-order chi connectivity index (χ1) is 18.4. The van der Waals surface area contributed by atoms with E-state index in [9.17, 15) is 9.59 Å². The van der Waals surface area contributed by atoms with Crippen LogP contribution >= 0.6 is 0 Å². The van der Waals surface area contributed by atoms with Crippen molar-refractivity contribution < 1.29 is 14.3 Å². The number of likely N-dealkylation sites (tertiary alicyclic amines) is 1. The van der Waals surface area contributed by atoms with Crippen molar-refractivity contribution in [3.63, 3.8) is 0 Å². The molecule has 5 rings (SSSR count). The minimum absolute atomic E-state index is 0.0722. The van der Waals surface area contributed by atoms with Crippen LogP contribution in [-0.2, 0) is 7.05 Å². The molecule has 200 valence electrons. The van der Waals surface area contributed by atoms with Crippen LogP contribution in [0.25, 0.3) is 17.1 Å². The van der Waals surface area contributed by atoms with Crippen LogP contribution in [0, 0.1) is 0 Å². The van der Waals surface area contributed by atoms with Crippen molar-refractivity contribution in [1.29, 1.82) is 0 Å². The Kier molecular flexibility index (Phi) is 7.33. The molecule has 2 fully saturated rings. The van der Waals surface area contributed by atoms with Gasteiger partial charge in [-0.15, -0.1) is 0 Å². The quantitative estimate of drug-likeness (QED) is 0.466. The van der Waals surface area contributed by atoms with E-state index in [2.05, 4.69) is 27.6 Å². The fourth-order valence-corrected chi connectivity index (χ4v) is 4.63. The van der Waals surface area contributed by atoms with E-state index in [1.54, 1.807) is 38.6 Å². The average Bonchev–Trinajstić information content (AvgIpc) is 3.75. The summed E-state index contributed by atoms with van der Waals surface area (Å²) in [5.41, 5.74) is 2.78. The topological polar surface area (TPSA) is 111 Å². The molecule has 1 aliphatic carbocycles. The number of fused-ring (bicyclic) bond motifs is 1. The van der Waals surface area contributed by atoms with Gasteiger partial charge in [0.15, 0.2) is 5.75 Å². The van der Waals surface area contributed by atoms with E-state index in [0.29, 0.717) is 45.3 Å². The summed E-state index contributed by atoms with van der Waals surface area (Å²) in [6.07, 6.45) is 9.16. The molecule has 1 saturated carbocycles. The summed E-state index contributed by atoms with van der Waals surface area (Å²) in [5.74, 6) is 1.02. The van der Waals surface area contributed by atoms with E-state index in [1.165, 1.54) is 4.57 Å². The van der Waals surface area contributed by atoms with Crippen molar-refractivity contribution in [2.24, 2.45) is 7.05 Å². The van der Waals surface area contributed by atoms with E-state index in [1.807, 2.05) is 19.1 Å². The Hall–Kier alpha value is -3.92. The number of methoxy groups -OCH3 is 1. The van der Waals surface area contributed by atoms with Crippen LogP contribution < -0.4 is 25.7 Å². The molecular formula is C28H34N6O4. The number of hydrogen-bond donors (Lipinski definition) is 2. The number of rotatable bonds is 8. The van der Waals surface area contributed by atoms with Crippen molar-refractivity contribution in [3.05, 3.63) is 52.0 Å². The van der Waals surface area contributed by atoms with Crippen LogP contribution in [0.5, 0.6) is 11.5 Å². The van der Waals surface area contributed by atoms with Gasteiger partial charge in [-0.05, 0) is 70.9 Å². The SMILES string of the molecule is C/C=C/c1c(OC2CC2)c(=O)n(C)c2cnc(Nc3ccc(C(=O)NC4CCN(C)CC4)cc3OC)nc12. The molecular weight excluding hydrogens is 484 g/mol. The van der Waals surface area contributed by atoms with Crippen molar-refractivity contribution in [1.82, 2.24) is 24.8 Å². The van der Waals surface area contributed by atoms with E-state index in [-0.39, 0.29) is 23.6 Å². The van der Waals surface area contributed by atoms with Gasteiger partial charge in [-0.2, -0.15) is 0 Å². The molecule has 0 bridgehead atoms. The fourth-order valence-electron chi connectivity index (χ4n) is 4.63. The van der Waals surface area contributed by atoms with Gasteiger partial charge in [-0.25, -0.2) is 9.97 Å². The summed E-state index contributed by atoms with van der Waals surface area (Å²) in [6, 6.07) is 5.42. The van der Waals surface area contributed by atoms with Gasteiger partial charge < -0.3 is 29.6 Å². The lowest BCUT2D eigenvalue weighted by Crippen LogP contribution is -2.43. The Morgan fingerprint density at radius 3 is 2.61 bits per heavy atom. The number of allylic oxidation sites excluding steroid dienone is 1. The maximum atomic E-state index is 13.0. The monoisotopic (exact) mass is 518 g/mol. The van der Waals surface area contributed by atoms with Crippen LogP contribution in [0.3, 0.4) is 0 Å². The third-order valence-electron chi connectivity index (χ3n) is 7.04. The van der Waals surface area contributed by atoms with Crippen molar-refractivity contribution in [2.45, 2.75) is 44.8 Å². The second-order valence-electron chi connectivity index (χ2n) is 9.94. The number of aryl methyl sites for hydroxylation is 1. The number of hydrogen-bond acceptors (Lipinski definition) is 8. The maximum absolute atomic E-state index is 13.0. The molecule has 2 aromatic heterocycles. The summed E-state index contributed by atoms with van der Waals surface area (Å²) in [7, 11) is 5.34. The Morgan fingerprint density at radius 1 is 1.16 bits per heavy atom. The predicted octanol–water partition coefficient (Wildman–Crippen LogP) is 3.48. The van der Waals surface area contributed by atoms with Crippen LogP contribution in [0.2, 0.25) is 0 Å². The number of aromatic nitrogens is 3. The van der Waals surface area contributed by atoms with Crippen LogP contribution in [-0.4, -0.2) is 64.7 Å². The molecule has 2 aliphatic rings. The molecule has 1 amide bonds. The first kappa shape index (κ1) is 25.7. The number of nitrogens with one attached hydrogen (secondary N) is 2. The molecule has 10 nitrogen and oxygen atoms in total. The zero-order chi connectivity index (χ0) is 26.8. The van der Waals surface area contributed by atoms with E-state index in [4.69, 9.17) is 14.5 Å². The van der Waals surface area contributed by atoms with Gasteiger partial charge in [0.2, 0.25) is 5.95 Å². The third-order valence-corrected chi connectivity index (χ3v) is 7.04. The highest BCUT2D eigenvalue weighted by atomic mass is 16.5. The smallest absolute Gasteiger partial charge is 0.293 e. The second-order valence-corrected chi connectivity index (χ2v) is 9.94. The number of anilines is 2. The van der Waals surface area contributed by atoms with Gasteiger partial charge in [0.1, 0.15) is 11.3 Å². The van der Waals surface area contributed by atoms with Gasteiger partial charge in [-0.3, -0.25) is 9.59 Å². The number of benzene rings is 1. The van der Waals surface area contributed by atoms with Gasteiger partial charge in [-0.1, -0.05) is 12.2 Å². The van der Waals surface area contributed by atoms with Gasteiger partial charge in [0, 0.05) is 18.7 Å². The lowest BCUT2D eigenvalue weighted by molar-refractivity contribution is 0.0916. The minimum Gasteiger partial charge on any atom is -0.495 e. The molecule has 1 aromatic carbocycles. The van der Waals surface area contributed by atoms with Crippen molar-refractivity contribution in [2.75, 3.05) is 32.6 Å². The summed E-state index contributed by atoms with van der Waals surface area (Å²) in [5, 5.41) is 6.34. The lowest BCUT2D eigenvalue weighted by Gasteiger charge is -2.29. The molecule has 0 radical (unpaired) electrons. The number of amides is 1. The minimum atomic E-state index is -0.211. The highest BCUT2D eigenvalue weighted by Crippen LogP contribution is 2.32. The molecule has 0 atom stereocenters. The molecule has 3 aromatic rings. The summed E-state index contributed by atoms with van der Waals surface area (Å²) in [6.45, 7) is 3.84. The van der Waals surface area contributed by atoms with Gasteiger partial charge in [0.25, 0.3) is 11.5 Å². The van der Waals surface area contributed by atoms with Crippen LogP contribution in [0.4, 0.5) is 11.6 Å². The molecule has 38 heavy (non-hydrogen) atoms. The highest BCUT2D eigenvalue weighted by Gasteiger charge is 2.28. The molecule has 3 heterocycles. The Morgan fingerprint density at radius 2 is 1.92 bits per heavy atom. The third kappa shape index (κ3) is 5.35. The van der Waals surface area contributed by atoms with E-state index < -0.39 is 0 Å². The maximum Gasteiger partial charge on any atom is 0.293 e. The Bertz CT molecular complexity index is 1440. The molecule has 10 heteroatoms. The Balaban J connectivity index is 1.42. The summed E-state index contributed by atoms with van der Waals surface area (Å²) in [4.78, 5) is 37.3. The van der Waals surface area contributed by atoms with Crippen LogP contribution in [0.1, 0.15) is 48.5 Å². The first-order valence-corrected chi connectivity index (χ1v) is 13.0. The summed E-state index contributed by atoms with van der Waals surface area (Å²) >= 11 is 0. The second kappa shape index (κ2) is 10.8. The number of ether oxygens (including phenoxy) is 2. The molecule has 1 saturated heterocycles.